The highest BCUT2D eigenvalue weighted by Gasteiger charge is 2.19. The van der Waals surface area contributed by atoms with Crippen LogP contribution >= 0.6 is 15.9 Å². The van der Waals surface area contributed by atoms with Crippen LogP contribution in [0.25, 0.3) is 11.1 Å². The lowest BCUT2D eigenvalue weighted by Gasteiger charge is -2.16. The smallest absolute Gasteiger partial charge is 0.197 e. The molecule has 1 heterocycles. The first-order chi connectivity index (χ1) is 10.2. The summed E-state index contributed by atoms with van der Waals surface area (Å²) in [6.45, 7) is 0. The van der Waals surface area contributed by atoms with Gasteiger partial charge < -0.3 is 9.73 Å². The van der Waals surface area contributed by atoms with Gasteiger partial charge in [-0.05, 0) is 41.2 Å². The number of nitrogens with one attached hydrogen (secondary N) is 1. The van der Waals surface area contributed by atoms with Gasteiger partial charge in [0.1, 0.15) is 11.3 Å². The molecule has 21 heavy (non-hydrogen) atoms. The number of benzene rings is 2. The van der Waals surface area contributed by atoms with E-state index >= 15 is 0 Å². The normalized spacial score (nSPS) is 12.7. The Balaban J connectivity index is 1.92. The lowest BCUT2D eigenvalue weighted by atomic mass is 10.0. The van der Waals surface area contributed by atoms with E-state index in [1.165, 1.54) is 0 Å². The first-order valence-electron chi connectivity index (χ1n) is 6.64. The summed E-state index contributed by atoms with van der Waals surface area (Å²) >= 11 is 3.22. The Hall–Kier alpha value is -1.72. The second-order valence-electron chi connectivity index (χ2n) is 4.76. The van der Waals surface area contributed by atoms with Crippen molar-refractivity contribution in [1.29, 1.82) is 0 Å². The van der Waals surface area contributed by atoms with Gasteiger partial charge in [0.05, 0.1) is 4.47 Å². The molecule has 2 aromatic carbocycles. The number of nitrogens with zero attached hydrogens (tertiary/aromatic N) is 1. The highest BCUT2D eigenvalue weighted by Crippen LogP contribution is 2.26. The van der Waals surface area contributed by atoms with Crippen molar-refractivity contribution in [1.82, 2.24) is 10.3 Å². The largest absolute Gasteiger partial charge is 0.441 e. The summed E-state index contributed by atoms with van der Waals surface area (Å²) in [7, 11) is 1.80. The van der Waals surface area contributed by atoms with Crippen molar-refractivity contribution in [2.75, 3.05) is 7.05 Å². The van der Waals surface area contributed by atoms with E-state index in [1.54, 1.807) is 19.2 Å². The molecule has 0 radical (unpaired) electrons. The quantitative estimate of drug-likeness (QED) is 0.766. The van der Waals surface area contributed by atoms with Gasteiger partial charge in [-0.25, -0.2) is 9.37 Å². The van der Waals surface area contributed by atoms with Crippen molar-refractivity contribution in [3.8, 4) is 0 Å². The van der Waals surface area contributed by atoms with Crippen LogP contribution < -0.4 is 5.32 Å². The molecule has 1 aromatic heterocycles. The standard InChI is InChI=1S/C16H14BrFN2O/c1-19-13(10-5-4-6-11(17)16(10)18)9-15-20-12-7-2-3-8-14(12)21-15/h2-8,13,19H,9H2,1H3. The molecule has 3 rings (SSSR count). The molecular weight excluding hydrogens is 335 g/mol. The zero-order valence-electron chi connectivity index (χ0n) is 11.4. The second-order valence-corrected chi connectivity index (χ2v) is 5.62. The summed E-state index contributed by atoms with van der Waals surface area (Å²) in [4.78, 5) is 4.44. The molecule has 0 aliphatic carbocycles. The molecule has 0 amide bonds. The van der Waals surface area contributed by atoms with Crippen LogP contribution in [0, 0.1) is 5.82 Å². The minimum Gasteiger partial charge on any atom is -0.441 e. The number of oxazole rings is 1. The van der Waals surface area contributed by atoms with Crippen LogP contribution in [0.3, 0.4) is 0 Å². The maximum Gasteiger partial charge on any atom is 0.197 e. The van der Waals surface area contributed by atoms with E-state index in [0.29, 0.717) is 22.3 Å². The van der Waals surface area contributed by atoms with Crippen LogP contribution in [-0.2, 0) is 6.42 Å². The second kappa shape index (κ2) is 5.95. The zero-order chi connectivity index (χ0) is 14.8. The summed E-state index contributed by atoms with van der Waals surface area (Å²) in [5.74, 6) is 0.336. The fraction of sp³-hybridized carbons (Fsp3) is 0.188. The number of rotatable bonds is 4. The van der Waals surface area contributed by atoms with Crippen molar-refractivity contribution in [2.24, 2.45) is 0 Å². The Morgan fingerprint density at radius 2 is 2.05 bits per heavy atom. The van der Waals surface area contributed by atoms with E-state index in [4.69, 9.17) is 4.42 Å². The molecule has 108 valence electrons. The molecule has 3 aromatic rings. The molecule has 0 bridgehead atoms. The maximum absolute atomic E-state index is 14.2. The van der Waals surface area contributed by atoms with Gasteiger partial charge in [-0.1, -0.05) is 24.3 Å². The Kier molecular flexibility index (Phi) is 4.03. The molecule has 5 heteroatoms. The van der Waals surface area contributed by atoms with Gasteiger partial charge in [0.2, 0.25) is 0 Å². The molecule has 1 atom stereocenters. The summed E-state index contributed by atoms with van der Waals surface area (Å²) < 4.78 is 20.4. The Morgan fingerprint density at radius 3 is 2.81 bits per heavy atom. The van der Waals surface area contributed by atoms with E-state index in [9.17, 15) is 4.39 Å². The van der Waals surface area contributed by atoms with Gasteiger partial charge in [0.25, 0.3) is 0 Å². The van der Waals surface area contributed by atoms with Gasteiger partial charge in [-0.2, -0.15) is 0 Å². The van der Waals surface area contributed by atoms with Crippen LogP contribution in [0.2, 0.25) is 0 Å². The Bertz CT molecular complexity index is 739. The third-order valence-electron chi connectivity index (χ3n) is 3.42. The lowest BCUT2D eigenvalue weighted by molar-refractivity contribution is 0.460. The summed E-state index contributed by atoms with van der Waals surface area (Å²) in [5.41, 5.74) is 2.16. The van der Waals surface area contributed by atoms with Crippen molar-refractivity contribution in [2.45, 2.75) is 12.5 Å². The molecule has 1 unspecified atom stereocenters. The molecule has 0 saturated carbocycles. The van der Waals surface area contributed by atoms with E-state index < -0.39 is 0 Å². The highest BCUT2D eigenvalue weighted by molar-refractivity contribution is 9.10. The molecule has 3 nitrogen and oxygen atoms in total. The number of hydrogen-bond acceptors (Lipinski definition) is 3. The zero-order valence-corrected chi connectivity index (χ0v) is 13.0. The number of likely N-dealkylation sites (N-methyl/N-ethyl adjacent to an activating group) is 1. The van der Waals surface area contributed by atoms with Gasteiger partial charge in [-0.3, -0.25) is 0 Å². The number of halogens is 2. The van der Waals surface area contributed by atoms with Crippen LogP contribution in [0.4, 0.5) is 4.39 Å². The predicted molar refractivity (Wildman–Crippen MR) is 83.6 cm³/mol. The van der Waals surface area contributed by atoms with Gasteiger partial charge in [0, 0.05) is 18.0 Å². The van der Waals surface area contributed by atoms with E-state index in [-0.39, 0.29) is 11.9 Å². The average molecular weight is 349 g/mol. The monoisotopic (exact) mass is 348 g/mol. The molecule has 0 aliphatic rings. The van der Waals surface area contributed by atoms with Gasteiger partial charge in [-0.15, -0.1) is 0 Å². The third kappa shape index (κ3) is 2.84. The molecule has 1 N–H and O–H groups in total. The molecule has 0 saturated heterocycles. The lowest BCUT2D eigenvalue weighted by Crippen LogP contribution is -2.20. The minimum atomic E-state index is -0.257. The topological polar surface area (TPSA) is 38.1 Å². The first-order valence-corrected chi connectivity index (χ1v) is 7.44. The average Bonchev–Trinajstić information content (AvgIpc) is 2.90. The van der Waals surface area contributed by atoms with Crippen LogP contribution in [0.5, 0.6) is 0 Å². The predicted octanol–water partition coefficient (Wildman–Crippen LogP) is 4.23. The van der Waals surface area contributed by atoms with E-state index in [0.717, 1.165) is 11.1 Å². The highest BCUT2D eigenvalue weighted by atomic mass is 79.9. The van der Waals surface area contributed by atoms with Crippen molar-refractivity contribution in [3.63, 3.8) is 0 Å². The Labute approximate surface area is 130 Å². The molecule has 0 fully saturated rings. The van der Waals surface area contributed by atoms with Crippen molar-refractivity contribution < 1.29 is 8.81 Å². The number of aromatic nitrogens is 1. The summed E-state index contributed by atoms with van der Waals surface area (Å²) in [5, 5.41) is 3.12. The third-order valence-corrected chi connectivity index (χ3v) is 4.03. The van der Waals surface area contributed by atoms with Gasteiger partial charge in [0.15, 0.2) is 11.5 Å². The fourth-order valence-electron chi connectivity index (χ4n) is 2.34. The van der Waals surface area contributed by atoms with E-state index in [2.05, 4.69) is 26.2 Å². The number of hydrogen-bond donors (Lipinski definition) is 1. The summed E-state index contributed by atoms with van der Waals surface area (Å²) in [6, 6.07) is 12.7. The van der Waals surface area contributed by atoms with E-state index in [1.807, 2.05) is 30.3 Å². The Morgan fingerprint density at radius 1 is 1.24 bits per heavy atom. The number of para-hydroxylation sites is 2. The fourth-order valence-corrected chi connectivity index (χ4v) is 2.72. The number of fused-ring (bicyclic) bond motifs is 1. The van der Waals surface area contributed by atoms with Crippen LogP contribution in [0.15, 0.2) is 51.4 Å². The SMILES string of the molecule is CNC(Cc1nc2ccccc2o1)c1cccc(Br)c1F. The molecule has 0 aliphatic heterocycles. The van der Waals surface area contributed by atoms with Crippen molar-refractivity contribution >= 4 is 27.0 Å². The van der Waals surface area contributed by atoms with Crippen LogP contribution in [0.1, 0.15) is 17.5 Å². The van der Waals surface area contributed by atoms with Crippen LogP contribution in [-0.4, -0.2) is 12.0 Å². The summed E-state index contributed by atoms with van der Waals surface area (Å²) in [6.07, 6.45) is 0.485. The van der Waals surface area contributed by atoms with Crippen molar-refractivity contribution in [3.05, 3.63) is 64.2 Å². The maximum atomic E-state index is 14.2. The minimum absolute atomic E-state index is 0.199. The first kappa shape index (κ1) is 14.2. The van der Waals surface area contributed by atoms with Gasteiger partial charge >= 0.3 is 0 Å². The molecule has 0 spiro atoms. The molecular formula is C16H14BrFN2O.